The fourth-order valence-corrected chi connectivity index (χ4v) is 3.03. The van der Waals surface area contributed by atoms with Gasteiger partial charge in [0.05, 0.1) is 12.4 Å². The lowest BCUT2D eigenvalue weighted by molar-refractivity contribution is 0.450. The Morgan fingerprint density at radius 2 is 2.33 bits per heavy atom. The van der Waals surface area contributed by atoms with Crippen LogP contribution < -0.4 is 0 Å². The molecule has 0 fully saturated rings. The molecule has 1 unspecified atom stereocenters. The van der Waals surface area contributed by atoms with Gasteiger partial charge in [-0.15, -0.1) is 11.3 Å². The van der Waals surface area contributed by atoms with Gasteiger partial charge in [0.15, 0.2) is 0 Å². The maximum atomic E-state index is 4.12. The molecule has 2 rings (SSSR count). The number of rotatable bonds is 2. The Morgan fingerprint density at radius 1 is 1.53 bits per heavy atom. The lowest BCUT2D eigenvalue weighted by Gasteiger charge is -2.24. The van der Waals surface area contributed by atoms with Gasteiger partial charge in [-0.05, 0) is 31.1 Å². The topological polar surface area (TPSA) is 15.6 Å². The van der Waals surface area contributed by atoms with E-state index in [4.69, 9.17) is 0 Å². The molecule has 0 aromatic carbocycles. The van der Waals surface area contributed by atoms with Crippen LogP contribution in [0.3, 0.4) is 0 Å². The molecule has 1 atom stereocenters. The van der Waals surface area contributed by atoms with Crippen LogP contribution in [0.4, 0.5) is 0 Å². The standard InChI is InChI=1S/C12H16N2S/c1-4-10-7-9(2)12(15-10)11-5-6-13-8-14(11)3/h5-8,11H,4H2,1-3H3. The first-order valence-corrected chi connectivity index (χ1v) is 6.05. The van der Waals surface area contributed by atoms with Crippen LogP contribution in [0, 0.1) is 6.92 Å². The van der Waals surface area contributed by atoms with Crippen LogP contribution in [0.1, 0.15) is 28.3 Å². The molecule has 0 saturated heterocycles. The highest BCUT2D eigenvalue weighted by atomic mass is 32.1. The summed E-state index contributed by atoms with van der Waals surface area (Å²) in [5, 5.41) is 0. The summed E-state index contributed by atoms with van der Waals surface area (Å²) in [6.07, 6.45) is 7.04. The predicted molar refractivity (Wildman–Crippen MR) is 66.6 cm³/mol. The number of aliphatic imine (C=N–C) groups is 1. The summed E-state index contributed by atoms with van der Waals surface area (Å²) in [5.74, 6) is 0. The molecule has 0 amide bonds. The lowest BCUT2D eigenvalue weighted by Crippen LogP contribution is -2.22. The van der Waals surface area contributed by atoms with E-state index < -0.39 is 0 Å². The Hall–Kier alpha value is -1.09. The van der Waals surface area contributed by atoms with E-state index in [1.54, 1.807) is 0 Å². The average Bonchev–Trinajstić information content (AvgIpc) is 2.60. The molecule has 0 radical (unpaired) electrons. The van der Waals surface area contributed by atoms with Crippen LogP contribution in [-0.2, 0) is 6.42 Å². The van der Waals surface area contributed by atoms with Crippen LogP contribution in [0.15, 0.2) is 23.3 Å². The Bertz CT molecular complexity index is 404. The molecular weight excluding hydrogens is 204 g/mol. The van der Waals surface area contributed by atoms with E-state index in [0.29, 0.717) is 6.04 Å². The summed E-state index contributed by atoms with van der Waals surface area (Å²) < 4.78 is 0. The van der Waals surface area contributed by atoms with Crippen molar-refractivity contribution >= 4 is 17.7 Å². The number of thiophene rings is 1. The Kier molecular flexibility index (Phi) is 2.91. The average molecular weight is 220 g/mol. The molecule has 2 heterocycles. The second kappa shape index (κ2) is 4.19. The van der Waals surface area contributed by atoms with E-state index in [0.717, 1.165) is 6.42 Å². The van der Waals surface area contributed by atoms with Crippen LogP contribution in [0.25, 0.3) is 0 Å². The van der Waals surface area contributed by atoms with Crippen molar-refractivity contribution in [2.24, 2.45) is 4.99 Å². The van der Waals surface area contributed by atoms with Crippen LogP contribution >= 0.6 is 11.3 Å². The lowest BCUT2D eigenvalue weighted by atomic mass is 10.1. The third-order valence-corrected chi connectivity index (χ3v) is 4.12. The van der Waals surface area contributed by atoms with E-state index in [1.807, 2.05) is 23.9 Å². The monoisotopic (exact) mass is 220 g/mol. The smallest absolute Gasteiger partial charge is 0.0910 e. The van der Waals surface area contributed by atoms with E-state index >= 15 is 0 Å². The Morgan fingerprint density at radius 3 is 2.93 bits per heavy atom. The zero-order valence-corrected chi connectivity index (χ0v) is 10.2. The maximum Gasteiger partial charge on any atom is 0.0910 e. The van der Waals surface area contributed by atoms with Crippen LogP contribution in [0.5, 0.6) is 0 Å². The first kappa shape index (κ1) is 10.4. The molecule has 1 aromatic heterocycles. The number of aryl methyl sites for hydroxylation is 2. The molecule has 2 nitrogen and oxygen atoms in total. The van der Waals surface area contributed by atoms with Crippen molar-refractivity contribution in [3.05, 3.63) is 33.7 Å². The molecule has 0 bridgehead atoms. The molecular formula is C12H16N2S. The highest BCUT2D eigenvalue weighted by molar-refractivity contribution is 7.12. The number of likely N-dealkylation sites (N-methyl/N-ethyl adjacent to an activating group) is 1. The molecule has 0 spiro atoms. The fourth-order valence-electron chi connectivity index (χ4n) is 1.79. The van der Waals surface area contributed by atoms with Crippen LogP contribution in [0.2, 0.25) is 0 Å². The van der Waals surface area contributed by atoms with Gasteiger partial charge in [-0.2, -0.15) is 0 Å². The van der Waals surface area contributed by atoms with Gasteiger partial charge in [0.25, 0.3) is 0 Å². The molecule has 1 aliphatic rings. The molecule has 0 aliphatic carbocycles. The molecule has 0 saturated carbocycles. The molecule has 15 heavy (non-hydrogen) atoms. The minimum atomic E-state index is 0.368. The fraction of sp³-hybridized carbons (Fsp3) is 0.417. The zero-order valence-electron chi connectivity index (χ0n) is 9.40. The SMILES string of the molecule is CCc1cc(C)c(C2C=CN=CN2C)s1. The largest absolute Gasteiger partial charge is 0.354 e. The van der Waals surface area contributed by atoms with Crippen molar-refractivity contribution in [2.45, 2.75) is 26.3 Å². The highest BCUT2D eigenvalue weighted by Crippen LogP contribution is 2.32. The summed E-state index contributed by atoms with van der Waals surface area (Å²) in [7, 11) is 2.07. The third-order valence-electron chi connectivity index (χ3n) is 2.67. The summed E-state index contributed by atoms with van der Waals surface area (Å²) in [5.41, 5.74) is 1.40. The molecule has 0 N–H and O–H groups in total. The second-order valence-electron chi connectivity index (χ2n) is 3.83. The van der Waals surface area contributed by atoms with Gasteiger partial charge in [-0.1, -0.05) is 6.92 Å². The second-order valence-corrected chi connectivity index (χ2v) is 5.00. The first-order chi connectivity index (χ1) is 7.22. The summed E-state index contributed by atoms with van der Waals surface area (Å²) in [6, 6.07) is 2.67. The summed E-state index contributed by atoms with van der Waals surface area (Å²) in [4.78, 5) is 9.17. The Balaban J connectivity index is 2.32. The Labute approximate surface area is 95.0 Å². The van der Waals surface area contributed by atoms with Crippen molar-refractivity contribution in [1.29, 1.82) is 0 Å². The first-order valence-electron chi connectivity index (χ1n) is 5.23. The van der Waals surface area contributed by atoms with Crippen molar-refractivity contribution in [3.8, 4) is 0 Å². The number of hydrogen-bond donors (Lipinski definition) is 0. The molecule has 80 valence electrons. The van der Waals surface area contributed by atoms with E-state index in [2.05, 4.69) is 42.9 Å². The third kappa shape index (κ3) is 1.97. The van der Waals surface area contributed by atoms with E-state index in [-0.39, 0.29) is 0 Å². The normalized spacial score (nSPS) is 19.9. The maximum absolute atomic E-state index is 4.12. The molecule has 3 heteroatoms. The van der Waals surface area contributed by atoms with Gasteiger partial charge in [0.2, 0.25) is 0 Å². The van der Waals surface area contributed by atoms with Gasteiger partial charge in [0.1, 0.15) is 0 Å². The predicted octanol–water partition coefficient (Wildman–Crippen LogP) is 3.15. The zero-order chi connectivity index (χ0) is 10.8. The van der Waals surface area contributed by atoms with Crippen molar-refractivity contribution < 1.29 is 0 Å². The van der Waals surface area contributed by atoms with Crippen LogP contribution in [-0.4, -0.2) is 18.3 Å². The summed E-state index contributed by atoms with van der Waals surface area (Å²) >= 11 is 1.92. The van der Waals surface area contributed by atoms with Gasteiger partial charge >= 0.3 is 0 Å². The highest BCUT2D eigenvalue weighted by Gasteiger charge is 2.18. The minimum Gasteiger partial charge on any atom is -0.354 e. The van der Waals surface area contributed by atoms with Crippen molar-refractivity contribution in [3.63, 3.8) is 0 Å². The van der Waals surface area contributed by atoms with E-state index in [1.165, 1.54) is 15.3 Å². The minimum absolute atomic E-state index is 0.368. The summed E-state index contributed by atoms with van der Waals surface area (Å²) in [6.45, 7) is 4.40. The quantitative estimate of drug-likeness (QED) is 0.747. The van der Waals surface area contributed by atoms with E-state index in [9.17, 15) is 0 Å². The van der Waals surface area contributed by atoms with Crippen molar-refractivity contribution in [2.75, 3.05) is 7.05 Å². The molecule has 1 aromatic rings. The molecule has 1 aliphatic heterocycles. The van der Waals surface area contributed by atoms with Gasteiger partial charge in [0, 0.05) is 23.0 Å². The number of nitrogens with zero attached hydrogens (tertiary/aromatic N) is 2. The van der Waals surface area contributed by atoms with Gasteiger partial charge < -0.3 is 4.90 Å². The van der Waals surface area contributed by atoms with Gasteiger partial charge in [-0.25, -0.2) is 4.99 Å². The van der Waals surface area contributed by atoms with Gasteiger partial charge in [-0.3, -0.25) is 0 Å². The van der Waals surface area contributed by atoms with Crippen molar-refractivity contribution in [1.82, 2.24) is 4.90 Å². The number of hydrogen-bond acceptors (Lipinski definition) is 3.